The second kappa shape index (κ2) is 5.29. The highest BCUT2D eigenvalue weighted by molar-refractivity contribution is 7.80. The SMILES string of the molecule is CCCN1C(=O)N(CC(C)C)C(C)(CS)C1=O. The third kappa shape index (κ3) is 2.44. The Kier molecular flexibility index (Phi) is 4.47. The van der Waals surface area contributed by atoms with Crippen LogP contribution < -0.4 is 0 Å². The van der Waals surface area contributed by atoms with Gasteiger partial charge in [-0.1, -0.05) is 20.8 Å². The van der Waals surface area contributed by atoms with E-state index in [4.69, 9.17) is 0 Å². The first kappa shape index (κ1) is 14.4. The molecule has 0 N–H and O–H groups in total. The summed E-state index contributed by atoms with van der Waals surface area (Å²) < 4.78 is 0. The molecule has 3 amide bonds. The lowest BCUT2D eigenvalue weighted by Crippen LogP contribution is -2.50. The monoisotopic (exact) mass is 258 g/mol. The minimum atomic E-state index is -0.778. The highest BCUT2D eigenvalue weighted by Gasteiger charge is 2.52. The molecule has 4 nitrogen and oxygen atoms in total. The predicted octanol–water partition coefficient (Wildman–Crippen LogP) is 2.01. The van der Waals surface area contributed by atoms with E-state index in [9.17, 15) is 9.59 Å². The molecule has 98 valence electrons. The molecule has 5 heteroatoms. The average Bonchev–Trinajstić information content (AvgIpc) is 2.44. The third-order valence-corrected chi connectivity index (χ3v) is 3.68. The van der Waals surface area contributed by atoms with E-state index in [0.29, 0.717) is 24.8 Å². The van der Waals surface area contributed by atoms with Crippen LogP contribution in [0.4, 0.5) is 4.79 Å². The Bertz CT molecular complexity index is 320. The molecule has 0 aromatic rings. The Morgan fingerprint density at radius 2 is 1.94 bits per heavy atom. The quantitative estimate of drug-likeness (QED) is 0.605. The summed E-state index contributed by atoms with van der Waals surface area (Å²) in [5, 5.41) is 0. The van der Waals surface area contributed by atoms with E-state index in [1.807, 2.05) is 20.8 Å². The summed E-state index contributed by atoms with van der Waals surface area (Å²) in [5.74, 6) is 0.595. The van der Waals surface area contributed by atoms with Crippen molar-refractivity contribution < 1.29 is 9.59 Å². The summed E-state index contributed by atoms with van der Waals surface area (Å²) in [4.78, 5) is 27.5. The van der Waals surface area contributed by atoms with E-state index in [1.165, 1.54) is 4.90 Å². The minimum Gasteiger partial charge on any atom is -0.309 e. The number of carbonyl (C=O) groups is 2. The largest absolute Gasteiger partial charge is 0.327 e. The van der Waals surface area contributed by atoms with Gasteiger partial charge in [0.15, 0.2) is 0 Å². The summed E-state index contributed by atoms with van der Waals surface area (Å²) >= 11 is 4.25. The molecule has 1 heterocycles. The van der Waals surface area contributed by atoms with Crippen molar-refractivity contribution in [1.29, 1.82) is 0 Å². The van der Waals surface area contributed by atoms with Crippen molar-refractivity contribution in [2.45, 2.75) is 39.7 Å². The molecule has 17 heavy (non-hydrogen) atoms. The van der Waals surface area contributed by atoms with Gasteiger partial charge in [0.2, 0.25) is 0 Å². The number of hydrogen-bond acceptors (Lipinski definition) is 3. The molecular weight excluding hydrogens is 236 g/mol. The van der Waals surface area contributed by atoms with Gasteiger partial charge in [0.05, 0.1) is 0 Å². The first-order valence-corrected chi connectivity index (χ1v) is 6.76. The molecule has 0 aromatic heterocycles. The molecule has 0 spiro atoms. The summed E-state index contributed by atoms with van der Waals surface area (Å²) in [5.41, 5.74) is -0.778. The number of thiol groups is 1. The van der Waals surface area contributed by atoms with Gasteiger partial charge in [0, 0.05) is 18.8 Å². The van der Waals surface area contributed by atoms with Crippen LogP contribution in [0.1, 0.15) is 34.1 Å². The summed E-state index contributed by atoms with van der Waals surface area (Å²) in [6.45, 7) is 8.94. The van der Waals surface area contributed by atoms with Gasteiger partial charge >= 0.3 is 6.03 Å². The normalized spacial score (nSPS) is 25.3. The highest BCUT2D eigenvalue weighted by Crippen LogP contribution is 2.30. The molecule has 0 aliphatic carbocycles. The number of imide groups is 1. The minimum absolute atomic E-state index is 0.111. The van der Waals surface area contributed by atoms with Crippen molar-refractivity contribution in [2.24, 2.45) is 5.92 Å². The van der Waals surface area contributed by atoms with Crippen molar-refractivity contribution in [3.63, 3.8) is 0 Å². The number of carbonyl (C=O) groups excluding carboxylic acids is 2. The van der Waals surface area contributed by atoms with Crippen molar-refractivity contribution >= 4 is 24.6 Å². The van der Waals surface area contributed by atoms with Gasteiger partial charge < -0.3 is 4.90 Å². The summed E-state index contributed by atoms with van der Waals surface area (Å²) in [7, 11) is 0. The van der Waals surface area contributed by atoms with Crippen molar-refractivity contribution in [2.75, 3.05) is 18.8 Å². The first-order chi connectivity index (χ1) is 7.88. The number of urea groups is 1. The Balaban J connectivity index is 3.01. The topological polar surface area (TPSA) is 40.6 Å². The van der Waals surface area contributed by atoms with Gasteiger partial charge in [-0.25, -0.2) is 4.79 Å². The molecule has 1 fully saturated rings. The number of rotatable bonds is 5. The fourth-order valence-corrected chi connectivity index (χ4v) is 2.37. The second-order valence-corrected chi connectivity index (χ2v) is 5.49. The Morgan fingerprint density at radius 1 is 1.35 bits per heavy atom. The molecule has 0 saturated carbocycles. The van der Waals surface area contributed by atoms with Crippen LogP contribution in [0.3, 0.4) is 0 Å². The van der Waals surface area contributed by atoms with E-state index in [1.54, 1.807) is 11.8 Å². The molecule has 1 aliphatic heterocycles. The second-order valence-electron chi connectivity index (χ2n) is 5.18. The lowest BCUT2D eigenvalue weighted by Gasteiger charge is -2.31. The molecule has 0 radical (unpaired) electrons. The lowest BCUT2D eigenvalue weighted by atomic mass is 10.0. The number of amides is 3. The third-order valence-electron chi connectivity index (χ3n) is 3.07. The van der Waals surface area contributed by atoms with Gasteiger partial charge in [0.25, 0.3) is 5.91 Å². The van der Waals surface area contributed by atoms with Crippen LogP contribution in [-0.2, 0) is 4.79 Å². The molecule has 1 unspecified atom stereocenters. The van der Waals surface area contributed by atoms with Crippen LogP contribution in [0.2, 0.25) is 0 Å². The predicted molar refractivity (Wildman–Crippen MR) is 71.2 cm³/mol. The van der Waals surface area contributed by atoms with Crippen molar-refractivity contribution in [1.82, 2.24) is 9.80 Å². The van der Waals surface area contributed by atoms with Gasteiger partial charge in [0.1, 0.15) is 5.54 Å². The molecule has 1 aliphatic rings. The maximum Gasteiger partial charge on any atom is 0.327 e. The van der Waals surface area contributed by atoms with Gasteiger partial charge in [-0.05, 0) is 19.3 Å². The highest BCUT2D eigenvalue weighted by atomic mass is 32.1. The molecular formula is C12H22N2O2S. The average molecular weight is 258 g/mol. The van der Waals surface area contributed by atoms with Crippen LogP contribution in [0.25, 0.3) is 0 Å². The van der Waals surface area contributed by atoms with Crippen LogP contribution in [0.15, 0.2) is 0 Å². The van der Waals surface area contributed by atoms with Crippen molar-refractivity contribution in [3.8, 4) is 0 Å². The molecule has 1 saturated heterocycles. The zero-order valence-corrected chi connectivity index (χ0v) is 12.0. The summed E-state index contributed by atoms with van der Waals surface area (Å²) in [6.07, 6.45) is 0.787. The molecule has 1 rings (SSSR count). The van der Waals surface area contributed by atoms with E-state index in [0.717, 1.165) is 6.42 Å². The van der Waals surface area contributed by atoms with Crippen LogP contribution in [-0.4, -0.2) is 46.1 Å². The fraction of sp³-hybridized carbons (Fsp3) is 0.833. The zero-order chi connectivity index (χ0) is 13.2. The maximum absolute atomic E-state index is 12.3. The van der Waals surface area contributed by atoms with E-state index in [2.05, 4.69) is 12.6 Å². The van der Waals surface area contributed by atoms with E-state index in [-0.39, 0.29) is 11.9 Å². The number of hydrogen-bond donors (Lipinski definition) is 1. The first-order valence-electron chi connectivity index (χ1n) is 6.12. The van der Waals surface area contributed by atoms with Crippen LogP contribution in [0, 0.1) is 5.92 Å². The Morgan fingerprint density at radius 3 is 2.35 bits per heavy atom. The molecule has 0 bridgehead atoms. The fourth-order valence-electron chi connectivity index (χ4n) is 2.07. The zero-order valence-electron chi connectivity index (χ0n) is 11.1. The molecule has 0 aromatic carbocycles. The van der Waals surface area contributed by atoms with Gasteiger partial charge in [-0.3, -0.25) is 9.69 Å². The van der Waals surface area contributed by atoms with Crippen LogP contribution >= 0.6 is 12.6 Å². The van der Waals surface area contributed by atoms with Gasteiger partial charge in [-0.15, -0.1) is 0 Å². The van der Waals surface area contributed by atoms with Crippen molar-refractivity contribution in [3.05, 3.63) is 0 Å². The maximum atomic E-state index is 12.3. The van der Waals surface area contributed by atoms with E-state index < -0.39 is 5.54 Å². The lowest BCUT2D eigenvalue weighted by molar-refractivity contribution is -0.131. The standard InChI is InChI=1S/C12H22N2O2S/c1-5-6-13-10(15)12(4,8-17)14(11(13)16)7-9(2)3/h9,17H,5-8H2,1-4H3. The van der Waals surface area contributed by atoms with E-state index >= 15 is 0 Å². The summed E-state index contributed by atoms with van der Waals surface area (Å²) in [6, 6.07) is -0.165. The Labute approximate surface area is 109 Å². The number of nitrogens with zero attached hydrogens (tertiary/aromatic N) is 2. The van der Waals surface area contributed by atoms with Gasteiger partial charge in [-0.2, -0.15) is 12.6 Å². The Hall–Kier alpha value is -0.710. The van der Waals surface area contributed by atoms with Crippen LogP contribution in [0.5, 0.6) is 0 Å². The molecule has 1 atom stereocenters. The smallest absolute Gasteiger partial charge is 0.309 e.